The Hall–Kier alpha value is -0.610. The second-order valence-corrected chi connectivity index (χ2v) is 4.68. The van der Waals surface area contributed by atoms with Crippen LogP contribution >= 0.6 is 0 Å². The highest BCUT2D eigenvalue weighted by molar-refractivity contribution is 5.72. The zero-order chi connectivity index (χ0) is 13.1. The molecule has 4 heteroatoms. The lowest BCUT2D eigenvalue weighted by atomic mass is 10.2. The molecule has 1 unspecified atom stereocenters. The maximum absolute atomic E-state index is 11.3. The molecule has 102 valence electrons. The summed E-state index contributed by atoms with van der Waals surface area (Å²) in [6.07, 6.45) is 0.974. The molecule has 0 aliphatic heterocycles. The van der Waals surface area contributed by atoms with Crippen LogP contribution in [0.1, 0.15) is 34.1 Å². The second-order valence-electron chi connectivity index (χ2n) is 4.68. The van der Waals surface area contributed by atoms with Crippen molar-refractivity contribution >= 4 is 5.97 Å². The first kappa shape index (κ1) is 16.4. The molecule has 0 heterocycles. The average molecular weight is 245 g/mol. The van der Waals surface area contributed by atoms with Gasteiger partial charge in [0.25, 0.3) is 0 Å². The molecular weight excluding hydrogens is 218 g/mol. The van der Waals surface area contributed by atoms with E-state index in [1.807, 2.05) is 13.8 Å². The first-order valence-corrected chi connectivity index (χ1v) is 6.53. The minimum Gasteiger partial charge on any atom is -0.466 e. The van der Waals surface area contributed by atoms with Crippen molar-refractivity contribution in [3.63, 3.8) is 0 Å². The molecule has 17 heavy (non-hydrogen) atoms. The van der Waals surface area contributed by atoms with Crippen molar-refractivity contribution in [3.05, 3.63) is 0 Å². The monoisotopic (exact) mass is 245 g/mol. The van der Waals surface area contributed by atoms with E-state index in [0.717, 1.165) is 26.2 Å². The third kappa shape index (κ3) is 10.3. The molecule has 0 fully saturated rings. The summed E-state index contributed by atoms with van der Waals surface area (Å²) in [4.78, 5) is 11.3. The Balaban J connectivity index is 3.30. The molecule has 0 amide bonds. The van der Waals surface area contributed by atoms with Gasteiger partial charge in [0.15, 0.2) is 0 Å². The van der Waals surface area contributed by atoms with Crippen molar-refractivity contribution in [1.82, 2.24) is 5.32 Å². The van der Waals surface area contributed by atoms with Crippen molar-refractivity contribution in [3.8, 4) is 0 Å². The zero-order valence-electron chi connectivity index (χ0n) is 11.6. The van der Waals surface area contributed by atoms with Gasteiger partial charge in [-0.2, -0.15) is 0 Å². The number of esters is 1. The first-order valence-electron chi connectivity index (χ1n) is 6.53. The van der Waals surface area contributed by atoms with Crippen LogP contribution in [0.3, 0.4) is 0 Å². The summed E-state index contributed by atoms with van der Waals surface area (Å²) in [6, 6.07) is 0. The number of carbonyl (C=O) groups excluding carboxylic acids is 1. The largest absolute Gasteiger partial charge is 0.466 e. The number of ether oxygens (including phenoxy) is 2. The summed E-state index contributed by atoms with van der Waals surface area (Å²) in [7, 11) is 0. The van der Waals surface area contributed by atoms with E-state index in [-0.39, 0.29) is 11.9 Å². The van der Waals surface area contributed by atoms with Crippen LogP contribution in [0.5, 0.6) is 0 Å². The van der Waals surface area contributed by atoms with Gasteiger partial charge in [0.05, 0.1) is 12.5 Å². The third-order valence-corrected chi connectivity index (χ3v) is 2.23. The van der Waals surface area contributed by atoms with E-state index in [4.69, 9.17) is 9.47 Å². The Labute approximate surface area is 105 Å². The topological polar surface area (TPSA) is 47.6 Å². The van der Waals surface area contributed by atoms with Crippen molar-refractivity contribution in [1.29, 1.82) is 0 Å². The molecule has 0 bridgehead atoms. The van der Waals surface area contributed by atoms with E-state index in [1.54, 1.807) is 0 Å². The quantitative estimate of drug-likeness (QED) is 0.471. The van der Waals surface area contributed by atoms with Gasteiger partial charge in [-0.3, -0.25) is 4.79 Å². The van der Waals surface area contributed by atoms with Crippen LogP contribution in [-0.2, 0) is 14.3 Å². The first-order chi connectivity index (χ1) is 8.07. The molecule has 0 aromatic carbocycles. The van der Waals surface area contributed by atoms with Crippen LogP contribution < -0.4 is 5.32 Å². The van der Waals surface area contributed by atoms with E-state index >= 15 is 0 Å². The molecule has 0 aliphatic rings. The fourth-order valence-electron chi connectivity index (χ4n) is 1.30. The Morgan fingerprint density at radius 1 is 1.29 bits per heavy atom. The second kappa shape index (κ2) is 10.5. The number of hydrogen-bond donors (Lipinski definition) is 1. The van der Waals surface area contributed by atoms with Crippen LogP contribution in [-0.4, -0.2) is 38.9 Å². The lowest BCUT2D eigenvalue weighted by Crippen LogP contribution is -2.29. The van der Waals surface area contributed by atoms with Crippen molar-refractivity contribution in [2.75, 3.05) is 32.9 Å². The standard InChI is InChI=1S/C13H27NO3/c1-5-17-13(15)12(4)9-14-7-6-8-16-10-11(2)3/h11-12,14H,5-10H2,1-4H3. The molecule has 1 atom stereocenters. The Morgan fingerprint density at radius 3 is 2.59 bits per heavy atom. The number of rotatable bonds is 10. The lowest BCUT2D eigenvalue weighted by molar-refractivity contribution is -0.147. The molecule has 0 aromatic heterocycles. The van der Waals surface area contributed by atoms with E-state index in [2.05, 4.69) is 19.2 Å². The third-order valence-electron chi connectivity index (χ3n) is 2.23. The smallest absolute Gasteiger partial charge is 0.309 e. The van der Waals surface area contributed by atoms with E-state index in [0.29, 0.717) is 19.1 Å². The lowest BCUT2D eigenvalue weighted by Gasteiger charge is -2.11. The van der Waals surface area contributed by atoms with Gasteiger partial charge >= 0.3 is 5.97 Å². The van der Waals surface area contributed by atoms with Gasteiger partial charge < -0.3 is 14.8 Å². The van der Waals surface area contributed by atoms with Crippen molar-refractivity contribution in [2.45, 2.75) is 34.1 Å². The molecule has 4 nitrogen and oxygen atoms in total. The van der Waals surface area contributed by atoms with Gasteiger partial charge in [0, 0.05) is 19.8 Å². The van der Waals surface area contributed by atoms with Gasteiger partial charge in [-0.05, 0) is 25.8 Å². The van der Waals surface area contributed by atoms with E-state index in [1.165, 1.54) is 0 Å². The fraction of sp³-hybridized carbons (Fsp3) is 0.923. The maximum atomic E-state index is 11.3. The average Bonchev–Trinajstić information content (AvgIpc) is 2.27. The summed E-state index contributed by atoms with van der Waals surface area (Å²) < 4.78 is 10.4. The number of carbonyl (C=O) groups is 1. The van der Waals surface area contributed by atoms with Crippen LogP contribution in [0.2, 0.25) is 0 Å². The van der Waals surface area contributed by atoms with E-state index in [9.17, 15) is 4.79 Å². The summed E-state index contributed by atoms with van der Waals surface area (Å²) >= 11 is 0. The molecule has 0 aliphatic carbocycles. The summed E-state index contributed by atoms with van der Waals surface area (Å²) in [5, 5.41) is 3.23. The maximum Gasteiger partial charge on any atom is 0.309 e. The van der Waals surface area contributed by atoms with Gasteiger partial charge in [-0.15, -0.1) is 0 Å². The van der Waals surface area contributed by atoms with Crippen LogP contribution in [0.25, 0.3) is 0 Å². The van der Waals surface area contributed by atoms with Crippen molar-refractivity contribution < 1.29 is 14.3 Å². The molecule has 0 aromatic rings. The predicted octanol–water partition coefficient (Wildman–Crippen LogP) is 1.84. The van der Waals surface area contributed by atoms with Crippen LogP contribution in [0.4, 0.5) is 0 Å². The Bertz CT molecular complexity index is 195. The zero-order valence-corrected chi connectivity index (χ0v) is 11.6. The number of hydrogen-bond acceptors (Lipinski definition) is 4. The summed E-state index contributed by atoms with van der Waals surface area (Å²) in [5.74, 6) is 0.384. The molecule has 1 N–H and O–H groups in total. The van der Waals surface area contributed by atoms with Gasteiger partial charge in [-0.25, -0.2) is 0 Å². The van der Waals surface area contributed by atoms with Crippen LogP contribution in [0.15, 0.2) is 0 Å². The van der Waals surface area contributed by atoms with E-state index < -0.39 is 0 Å². The highest BCUT2D eigenvalue weighted by Crippen LogP contribution is 1.97. The number of nitrogens with one attached hydrogen (secondary N) is 1. The van der Waals surface area contributed by atoms with Gasteiger partial charge in [0.2, 0.25) is 0 Å². The molecule has 0 rings (SSSR count). The minimum atomic E-state index is -0.129. The predicted molar refractivity (Wildman–Crippen MR) is 68.9 cm³/mol. The normalized spacial score (nSPS) is 12.8. The van der Waals surface area contributed by atoms with Crippen LogP contribution in [0, 0.1) is 11.8 Å². The van der Waals surface area contributed by atoms with Crippen molar-refractivity contribution in [2.24, 2.45) is 11.8 Å². The SMILES string of the molecule is CCOC(=O)C(C)CNCCCOCC(C)C. The minimum absolute atomic E-state index is 0.0773. The fourth-order valence-corrected chi connectivity index (χ4v) is 1.30. The summed E-state index contributed by atoms with van der Waals surface area (Å²) in [6.45, 7) is 11.6. The van der Waals surface area contributed by atoms with Gasteiger partial charge in [-0.1, -0.05) is 20.8 Å². The highest BCUT2D eigenvalue weighted by atomic mass is 16.5. The molecule has 0 spiro atoms. The summed E-state index contributed by atoms with van der Waals surface area (Å²) in [5.41, 5.74) is 0. The molecule has 0 saturated heterocycles. The molecule has 0 saturated carbocycles. The molecular formula is C13H27NO3. The Morgan fingerprint density at radius 2 is 2.00 bits per heavy atom. The van der Waals surface area contributed by atoms with Gasteiger partial charge in [0.1, 0.15) is 0 Å². The molecule has 0 radical (unpaired) electrons. The Kier molecular flexibility index (Phi) is 10.2. The highest BCUT2D eigenvalue weighted by Gasteiger charge is 2.12.